The minimum atomic E-state index is -0.954. The van der Waals surface area contributed by atoms with E-state index in [2.05, 4.69) is 31.2 Å². The first kappa shape index (κ1) is 24.5. The van der Waals surface area contributed by atoms with Crippen LogP contribution >= 0.6 is 0 Å². The number of rotatable bonds is 10. The van der Waals surface area contributed by atoms with E-state index in [1.54, 1.807) is 0 Å². The van der Waals surface area contributed by atoms with E-state index in [9.17, 15) is 10.0 Å². The van der Waals surface area contributed by atoms with E-state index in [1.165, 1.54) is 24.5 Å². The third-order valence-electron chi connectivity index (χ3n) is 5.29. The number of benzene rings is 3. The Hall–Kier alpha value is -3.14. The van der Waals surface area contributed by atoms with Crippen molar-refractivity contribution in [1.29, 1.82) is 0 Å². The summed E-state index contributed by atoms with van der Waals surface area (Å²) in [5.41, 5.74) is 3.32. The third kappa shape index (κ3) is 7.45. The van der Waals surface area contributed by atoms with Crippen molar-refractivity contribution in [3.05, 3.63) is 119 Å². The van der Waals surface area contributed by atoms with Crippen LogP contribution in [0.1, 0.15) is 23.1 Å². The van der Waals surface area contributed by atoms with Gasteiger partial charge in [0.25, 0.3) is 0 Å². The van der Waals surface area contributed by atoms with Crippen LogP contribution in [0.2, 0.25) is 4.82 Å². The first-order valence-electron chi connectivity index (χ1n) is 10.9. The summed E-state index contributed by atoms with van der Waals surface area (Å²) >= 11 is -0.132. The molecule has 0 heterocycles. The molecule has 0 amide bonds. The van der Waals surface area contributed by atoms with Crippen LogP contribution in [-0.2, 0) is 16.0 Å². The van der Waals surface area contributed by atoms with Gasteiger partial charge in [0.05, 0.1) is 0 Å². The molecule has 170 valence electrons. The Morgan fingerprint density at radius 3 is 2.30 bits per heavy atom. The van der Waals surface area contributed by atoms with Gasteiger partial charge < -0.3 is 0 Å². The van der Waals surface area contributed by atoms with Crippen molar-refractivity contribution in [2.75, 3.05) is 7.11 Å². The quantitative estimate of drug-likeness (QED) is 0.0776. The van der Waals surface area contributed by atoms with Gasteiger partial charge in [0.15, 0.2) is 0 Å². The second-order valence-corrected chi connectivity index (χ2v) is 10.3. The number of carbonyl (C=O) groups excluding carboxylic acids is 1. The Balaban J connectivity index is 1.86. The SMILES string of the molecule is COC(=O)C(C(/C=C/CCc1ccccc1C)[Se]c1ccccc1)/[N+]([O-])=C/c1ccccc1. The number of allylic oxidation sites excluding steroid dienone is 1. The molecule has 3 aromatic carbocycles. The van der Waals surface area contributed by atoms with Gasteiger partial charge in [0.2, 0.25) is 0 Å². The zero-order valence-electron chi connectivity index (χ0n) is 19.0. The summed E-state index contributed by atoms with van der Waals surface area (Å²) in [5, 5.41) is 13.2. The molecule has 0 aromatic heterocycles. The molecule has 3 aromatic rings. The summed E-state index contributed by atoms with van der Waals surface area (Å²) in [6, 6.07) is 26.7. The van der Waals surface area contributed by atoms with E-state index in [-0.39, 0.29) is 19.8 Å². The minimum absolute atomic E-state index is 0.132. The number of hydroxylamine groups is 1. The Bertz CT molecular complexity index is 1080. The Morgan fingerprint density at radius 2 is 1.64 bits per heavy atom. The van der Waals surface area contributed by atoms with Crippen LogP contribution in [0.15, 0.2) is 97.1 Å². The number of esters is 1. The second kappa shape index (κ2) is 12.8. The predicted molar refractivity (Wildman–Crippen MR) is 135 cm³/mol. The molecule has 0 fully saturated rings. The monoisotopic (exact) mass is 507 g/mol. The maximum atomic E-state index is 13.2. The van der Waals surface area contributed by atoms with E-state index in [0.29, 0.717) is 0 Å². The van der Waals surface area contributed by atoms with Gasteiger partial charge in [-0.2, -0.15) is 0 Å². The van der Waals surface area contributed by atoms with Crippen molar-refractivity contribution < 1.29 is 14.3 Å². The number of aryl methyl sites for hydroxylation is 2. The van der Waals surface area contributed by atoms with Crippen molar-refractivity contribution in [1.82, 2.24) is 0 Å². The first-order chi connectivity index (χ1) is 16.1. The van der Waals surface area contributed by atoms with E-state index < -0.39 is 12.0 Å². The number of nitrogens with zero attached hydrogens (tertiary/aromatic N) is 1. The fraction of sp³-hybridized carbons (Fsp3) is 0.214. The molecule has 0 N–H and O–H groups in total. The van der Waals surface area contributed by atoms with Crippen LogP contribution in [0, 0.1) is 12.1 Å². The third-order valence-corrected chi connectivity index (χ3v) is 7.87. The summed E-state index contributed by atoms with van der Waals surface area (Å²) in [6.45, 7) is 2.11. The van der Waals surface area contributed by atoms with Crippen LogP contribution < -0.4 is 4.46 Å². The maximum absolute atomic E-state index is 13.2. The Kier molecular flexibility index (Phi) is 9.49. The van der Waals surface area contributed by atoms with Crippen molar-refractivity contribution >= 4 is 31.6 Å². The average molecular weight is 507 g/mol. The number of methoxy groups -OCH3 is 1. The molecule has 0 bridgehead atoms. The summed E-state index contributed by atoms with van der Waals surface area (Å²) < 4.78 is 6.93. The molecule has 4 nitrogen and oxygen atoms in total. The molecule has 0 radical (unpaired) electrons. The van der Waals surface area contributed by atoms with E-state index in [4.69, 9.17) is 4.74 Å². The van der Waals surface area contributed by atoms with E-state index in [0.717, 1.165) is 27.6 Å². The summed E-state index contributed by atoms with van der Waals surface area (Å²) in [5.74, 6) is -0.524. The molecular formula is C28H29NO3Se. The van der Waals surface area contributed by atoms with Crippen molar-refractivity contribution in [3.63, 3.8) is 0 Å². The normalized spacial score (nSPS) is 13.6. The molecule has 3 rings (SSSR count). The van der Waals surface area contributed by atoms with Gasteiger partial charge in [-0.25, -0.2) is 0 Å². The molecular weight excluding hydrogens is 477 g/mol. The fourth-order valence-corrected chi connectivity index (χ4v) is 5.97. The summed E-state index contributed by atoms with van der Waals surface area (Å²) in [7, 11) is 1.33. The topological polar surface area (TPSA) is 52.4 Å². The Morgan fingerprint density at radius 1 is 1.00 bits per heavy atom. The molecule has 0 spiro atoms. The van der Waals surface area contributed by atoms with Gasteiger partial charge in [0, 0.05) is 0 Å². The number of hydrogen-bond donors (Lipinski definition) is 0. The average Bonchev–Trinajstić information content (AvgIpc) is 2.84. The van der Waals surface area contributed by atoms with Crippen LogP contribution in [-0.4, -0.2) is 45.0 Å². The first-order valence-corrected chi connectivity index (χ1v) is 12.8. The van der Waals surface area contributed by atoms with Crippen LogP contribution in [0.5, 0.6) is 0 Å². The van der Waals surface area contributed by atoms with Gasteiger partial charge in [-0.15, -0.1) is 0 Å². The molecule has 33 heavy (non-hydrogen) atoms. The van der Waals surface area contributed by atoms with Crippen molar-refractivity contribution in [2.24, 2.45) is 0 Å². The molecule has 0 aliphatic heterocycles. The molecule has 0 aliphatic rings. The van der Waals surface area contributed by atoms with Gasteiger partial charge in [-0.3, -0.25) is 0 Å². The van der Waals surface area contributed by atoms with Crippen molar-refractivity contribution in [3.8, 4) is 0 Å². The summed E-state index contributed by atoms with van der Waals surface area (Å²) in [4.78, 5) is 12.5. The fourth-order valence-electron chi connectivity index (χ4n) is 3.49. The van der Waals surface area contributed by atoms with Gasteiger partial charge in [-0.05, 0) is 0 Å². The van der Waals surface area contributed by atoms with Gasteiger partial charge in [0.1, 0.15) is 0 Å². The number of carbonyl (C=O) groups is 1. The molecule has 2 atom stereocenters. The van der Waals surface area contributed by atoms with E-state index >= 15 is 0 Å². The predicted octanol–water partition coefficient (Wildman–Crippen LogP) is 4.47. The van der Waals surface area contributed by atoms with E-state index in [1.807, 2.05) is 72.8 Å². The van der Waals surface area contributed by atoms with Crippen LogP contribution in [0.4, 0.5) is 0 Å². The molecule has 0 aliphatic carbocycles. The zero-order valence-corrected chi connectivity index (χ0v) is 20.7. The van der Waals surface area contributed by atoms with Crippen LogP contribution in [0.3, 0.4) is 0 Å². The Labute approximate surface area is 202 Å². The second-order valence-electron chi connectivity index (χ2n) is 7.66. The van der Waals surface area contributed by atoms with Crippen molar-refractivity contribution in [2.45, 2.75) is 30.6 Å². The zero-order chi connectivity index (χ0) is 23.5. The van der Waals surface area contributed by atoms with Gasteiger partial charge in [-0.1, -0.05) is 0 Å². The van der Waals surface area contributed by atoms with Crippen LogP contribution in [0.25, 0.3) is 0 Å². The van der Waals surface area contributed by atoms with Gasteiger partial charge >= 0.3 is 203 Å². The molecule has 0 saturated heterocycles. The standard InChI is InChI=1S/C28H29NO3Se/c1-22-13-9-10-16-24(22)17-11-12-20-26(33-25-18-7-4-8-19-25)27(28(30)32-2)29(31)21-23-14-5-3-6-15-23/h3-10,12-16,18-21,26-27H,11,17H2,1-2H3/b20-12+,29-21-. The molecule has 5 heteroatoms. The summed E-state index contributed by atoms with van der Waals surface area (Å²) in [6.07, 6.45) is 7.33. The molecule has 0 saturated carbocycles. The number of hydrogen-bond acceptors (Lipinski definition) is 3. The molecule has 2 unspecified atom stereocenters. The number of ether oxygens (including phenoxy) is 1.